The second kappa shape index (κ2) is 3.61. The number of fused-ring (bicyclic) bond motifs is 1. The van der Waals surface area contributed by atoms with E-state index in [2.05, 4.69) is 49.4 Å². The first-order valence-corrected chi connectivity index (χ1v) is 4.79. The third kappa shape index (κ3) is 1.72. The van der Waals surface area contributed by atoms with Crippen LogP contribution < -0.4 is 0 Å². The molecule has 2 aromatic rings. The van der Waals surface area contributed by atoms with E-state index in [0.717, 1.165) is 6.42 Å². The average molecular weight is 169 g/mol. The molecule has 13 heavy (non-hydrogen) atoms. The minimum absolute atomic E-state index is 1.13. The highest BCUT2D eigenvalue weighted by Crippen LogP contribution is 2.15. The van der Waals surface area contributed by atoms with Gasteiger partial charge in [0.1, 0.15) is 0 Å². The van der Waals surface area contributed by atoms with Gasteiger partial charge in [-0.2, -0.15) is 0 Å². The van der Waals surface area contributed by atoms with E-state index in [1.165, 1.54) is 22.8 Å². The summed E-state index contributed by atoms with van der Waals surface area (Å²) in [7, 11) is 0. The van der Waals surface area contributed by atoms with E-state index in [0.29, 0.717) is 0 Å². The lowest BCUT2D eigenvalue weighted by atomic mass is 10.0. The van der Waals surface area contributed by atoms with Crippen molar-refractivity contribution in [3.05, 3.63) is 48.0 Å². The smallest absolute Gasteiger partial charge is 0.0143 e. The Morgan fingerprint density at radius 2 is 1.92 bits per heavy atom. The van der Waals surface area contributed by atoms with E-state index in [1.54, 1.807) is 0 Å². The lowest BCUT2D eigenvalue weighted by molar-refractivity contribution is 0.922. The van der Waals surface area contributed by atoms with Crippen LogP contribution in [0.25, 0.3) is 10.8 Å². The maximum absolute atomic E-state index is 3.31. The van der Waals surface area contributed by atoms with Crippen molar-refractivity contribution < 1.29 is 0 Å². The molecule has 1 radical (unpaired) electrons. The van der Waals surface area contributed by atoms with Crippen LogP contribution in [0.1, 0.15) is 18.9 Å². The summed E-state index contributed by atoms with van der Waals surface area (Å²) in [5.74, 6) is 0. The second-order valence-electron chi connectivity index (χ2n) is 3.34. The van der Waals surface area contributed by atoms with Gasteiger partial charge < -0.3 is 0 Å². The molecule has 0 aliphatic heterocycles. The standard InChI is InChI=1S/C13H13/c1-2-5-11-8-9-12-6-3-4-7-13(12)10-11/h3-4,6-7,9-10H,2,5H2,1H3. The van der Waals surface area contributed by atoms with Crippen LogP contribution in [0.15, 0.2) is 36.4 Å². The zero-order valence-electron chi connectivity index (χ0n) is 7.88. The van der Waals surface area contributed by atoms with E-state index in [1.807, 2.05) is 0 Å². The van der Waals surface area contributed by atoms with Gasteiger partial charge in [0.2, 0.25) is 0 Å². The number of hydrogen-bond donors (Lipinski definition) is 0. The normalized spacial score (nSPS) is 10.5. The van der Waals surface area contributed by atoms with E-state index in [4.69, 9.17) is 0 Å². The first kappa shape index (κ1) is 8.31. The highest BCUT2D eigenvalue weighted by molar-refractivity contribution is 5.82. The average Bonchev–Trinajstić information content (AvgIpc) is 2.18. The molecule has 0 unspecified atom stereocenters. The molecule has 0 aliphatic rings. The molecule has 0 atom stereocenters. The monoisotopic (exact) mass is 169 g/mol. The van der Waals surface area contributed by atoms with Crippen LogP contribution in [0, 0.1) is 6.07 Å². The van der Waals surface area contributed by atoms with Crippen LogP contribution in [0.2, 0.25) is 0 Å². The van der Waals surface area contributed by atoms with Crippen molar-refractivity contribution in [2.75, 3.05) is 0 Å². The van der Waals surface area contributed by atoms with Gasteiger partial charge in [0, 0.05) is 0 Å². The minimum atomic E-state index is 1.13. The van der Waals surface area contributed by atoms with Crippen LogP contribution in [0.4, 0.5) is 0 Å². The van der Waals surface area contributed by atoms with Crippen LogP contribution in [-0.4, -0.2) is 0 Å². The lowest BCUT2D eigenvalue weighted by Crippen LogP contribution is -1.83. The zero-order valence-corrected chi connectivity index (χ0v) is 7.88. The van der Waals surface area contributed by atoms with Crippen molar-refractivity contribution in [2.24, 2.45) is 0 Å². The number of hydrogen-bond acceptors (Lipinski definition) is 0. The maximum Gasteiger partial charge on any atom is -0.0143 e. The Bertz CT molecular complexity index is 401. The lowest BCUT2D eigenvalue weighted by Gasteiger charge is -2.00. The molecule has 0 nitrogen and oxygen atoms in total. The summed E-state index contributed by atoms with van der Waals surface area (Å²) < 4.78 is 0. The van der Waals surface area contributed by atoms with Gasteiger partial charge in [-0.05, 0) is 34.9 Å². The topological polar surface area (TPSA) is 0 Å². The molecule has 0 amide bonds. The van der Waals surface area contributed by atoms with Gasteiger partial charge in [0.25, 0.3) is 0 Å². The van der Waals surface area contributed by atoms with E-state index in [9.17, 15) is 0 Å². The van der Waals surface area contributed by atoms with Crippen molar-refractivity contribution in [2.45, 2.75) is 19.8 Å². The van der Waals surface area contributed by atoms with E-state index in [-0.39, 0.29) is 0 Å². The maximum atomic E-state index is 3.31. The van der Waals surface area contributed by atoms with Gasteiger partial charge in [-0.25, -0.2) is 0 Å². The SMILES string of the molecule is CCCc1[c]cc2ccccc2c1. The van der Waals surface area contributed by atoms with Gasteiger partial charge >= 0.3 is 0 Å². The fourth-order valence-electron chi connectivity index (χ4n) is 1.59. The Morgan fingerprint density at radius 1 is 1.15 bits per heavy atom. The molecule has 0 N–H and O–H groups in total. The predicted octanol–water partition coefficient (Wildman–Crippen LogP) is 3.59. The Hall–Kier alpha value is -1.30. The number of rotatable bonds is 2. The highest BCUT2D eigenvalue weighted by Gasteiger charge is 1.94. The summed E-state index contributed by atoms with van der Waals surface area (Å²) in [4.78, 5) is 0. The Labute approximate surface area is 79.2 Å². The molecule has 0 heterocycles. The molecule has 2 aromatic carbocycles. The Balaban J connectivity index is 2.49. The highest BCUT2D eigenvalue weighted by atomic mass is 14.0. The Kier molecular flexibility index (Phi) is 2.31. The molecule has 65 valence electrons. The Morgan fingerprint density at radius 3 is 2.69 bits per heavy atom. The molecular weight excluding hydrogens is 156 g/mol. The number of aryl methyl sites for hydroxylation is 1. The van der Waals surface area contributed by atoms with Crippen molar-refractivity contribution in [3.63, 3.8) is 0 Å². The fraction of sp³-hybridized carbons (Fsp3) is 0.231. The van der Waals surface area contributed by atoms with Crippen molar-refractivity contribution >= 4 is 10.8 Å². The quantitative estimate of drug-likeness (QED) is 0.644. The molecule has 2 rings (SSSR count). The van der Waals surface area contributed by atoms with Crippen LogP contribution in [-0.2, 0) is 6.42 Å². The summed E-state index contributed by atoms with van der Waals surface area (Å²) >= 11 is 0. The van der Waals surface area contributed by atoms with Crippen LogP contribution in [0.3, 0.4) is 0 Å². The van der Waals surface area contributed by atoms with Gasteiger partial charge in [-0.3, -0.25) is 0 Å². The van der Waals surface area contributed by atoms with Gasteiger partial charge in [-0.1, -0.05) is 43.7 Å². The number of benzene rings is 2. The summed E-state index contributed by atoms with van der Waals surface area (Å²) in [6.45, 7) is 2.20. The molecular formula is C13H13. The predicted molar refractivity (Wildman–Crippen MR) is 56.8 cm³/mol. The van der Waals surface area contributed by atoms with E-state index < -0.39 is 0 Å². The zero-order chi connectivity index (χ0) is 9.10. The van der Waals surface area contributed by atoms with Crippen molar-refractivity contribution in [3.8, 4) is 0 Å². The molecule has 0 fully saturated rings. The summed E-state index contributed by atoms with van der Waals surface area (Å²) in [5, 5.41) is 2.60. The van der Waals surface area contributed by atoms with Gasteiger partial charge in [0.05, 0.1) is 0 Å². The largest absolute Gasteiger partial charge is 0.0651 e. The molecule has 0 bridgehead atoms. The summed E-state index contributed by atoms with van der Waals surface area (Å²) in [5.41, 5.74) is 1.32. The van der Waals surface area contributed by atoms with Crippen molar-refractivity contribution in [1.29, 1.82) is 0 Å². The third-order valence-corrected chi connectivity index (χ3v) is 2.26. The van der Waals surface area contributed by atoms with Crippen LogP contribution >= 0.6 is 0 Å². The van der Waals surface area contributed by atoms with Crippen LogP contribution in [0.5, 0.6) is 0 Å². The third-order valence-electron chi connectivity index (χ3n) is 2.26. The molecule has 0 aromatic heterocycles. The molecule has 0 saturated carbocycles. The van der Waals surface area contributed by atoms with Crippen molar-refractivity contribution in [1.82, 2.24) is 0 Å². The summed E-state index contributed by atoms with van der Waals surface area (Å²) in [6, 6.07) is 16.1. The minimum Gasteiger partial charge on any atom is -0.0651 e. The first-order valence-electron chi connectivity index (χ1n) is 4.79. The fourth-order valence-corrected chi connectivity index (χ4v) is 1.59. The summed E-state index contributed by atoms with van der Waals surface area (Å²) in [6.07, 6.45) is 2.32. The second-order valence-corrected chi connectivity index (χ2v) is 3.34. The molecule has 0 heteroatoms. The molecule has 0 saturated heterocycles. The molecule has 0 spiro atoms. The molecule has 0 aliphatic carbocycles. The first-order chi connectivity index (χ1) is 6.40. The van der Waals surface area contributed by atoms with Gasteiger partial charge in [0.15, 0.2) is 0 Å². The van der Waals surface area contributed by atoms with E-state index >= 15 is 0 Å². The van der Waals surface area contributed by atoms with Gasteiger partial charge in [-0.15, -0.1) is 0 Å².